The number of nitrogens with one attached hydrogen (secondary N) is 1. The Labute approximate surface area is 175 Å². The fourth-order valence-corrected chi connectivity index (χ4v) is 4.31. The van der Waals surface area contributed by atoms with E-state index in [1.807, 2.05) is 13.8 Å². The monoisotopic (exact) mass is 442 g/mol. The highest BCUT2D eigenvalue weighted by molar-refractivity contribution is 7.89. The minimum Gasteiger partial charge on any atom is -0.324 e. The van der Waals surface area contributed by atoms with Crippen molar-refractivity contribution in [3.8, 4) is 0 Å². The molecule has 1 N–H and O–H groups in total. The maximum atomic E-state index is 13.1. The lowest BCUT2D eigenvalue weighted by Crippen LogP contribution is -2.38. The highest BCUT2D eigenvalue weighted by Crippen LogP contribution is 2.34. The van der Waals surface area contributed by atoms with E-state index in [1.54, 1.807) is 19.1 Å². The molecule has 2 aromatic carbocycles. The van der Waals surface area contributed by atoms with Gasteiger partial charge in [-0.2, -0.15) is 17.5 Å². The number of hydrogen-bond donors (Lipinski definition) is 1. The third-order valence-corrected chi connectivity index (χ3v) is 6.81. The van der Waals surface area contributed by atoms with Crippen LogP contribution in [0.5, 0.6) is 0 Å². The number of nitrogens with zero attached hydrogens (tertiary/aromatic N) is 1. The molecule has 9 heteroatoms. The second-order valence-electron chi connectivity index (χ2n) is 6.90. The standard InChI is InChI=1S/C21H25F3N2O3S/c1-4-15(3)16-10-12-17(13-11-16)30(28,29)26(5-2)14-20(27)25-19-9-7-6-8-18(19)21(22,23)24/h6-13,15H,4-5,14H2,1-3H3,(H,25,27). The number of amides is 1. The van der Waals surface area contributed by atoms with Crippen LogP contribution in [-0.2, 0) is 21.0 Å². The van der Waals surface area contributed by atoms with E-state index < -0.39 is 39.9 Å². The maximum Gasteiger partial charge on any atom is 0.418 e. The zero-order chi connectivity index (χ0) is 22.5. The molecule has 2 aromatic rings. The van der Waals surface area contributed by atoms with Crippen molar-refractivity contribution in [1.29, 1.82) is 0 Å². The first kappa shape index (κ1) is 23.9. The first-order valence-electron chi connectivity index (χ1n) is 9.56. The van der Waals surface area contributed by atoms with E-state index in [0.717, 1.165) is 28.4 Å². The number of rotatable bonds is 8. The number of hydrogen-bond acceptors (Lipinski definition) is 3. The van der Waals surface area contributed by atoms with Crippen molar-refractivity contribution in [2.75, 3.05) is 18.4 Å². The Kier molecular flexibility index (Phi) is 7.65. The van der Waals surface area contributed by atoms with Gasteiger partial charge in [-0.05, 0) is 42.2 Å². The lowest BCUT2D eigenvalue weighted by atomic mass is 9.99. The first-order valence-corrected chi connectivity index (χ1v) is 11.0. The molecule has 1 atom stereocenters. The van der Waals surface area contributed by atoms with E-state index in [4.69, 9.17) is 0 Å². The van der Waals surface area contributed by atoms with Gasteiger partial charge in [-0.3, -0.25) is 4.79 Å². The lowest BCUT2D eigenvalue weighted by molar-refractivity contribution is -0.137. The van der Waals surface area contributed by atoms with E-state index in [2.05, 4.69) is 5.32 Å². The topological polar surface area (TPSA) is 66.5 Å². The molecule has 0 radical (unpaired) electrons. The molecular weight excluding hydrogens is 417 g/mol. The highest BCUT2D eigenvalue weighted by atomic mass is 32.2. The number of alkyl halides is 3. The molecule has 0 aliphatic heterocycles. The van der Waals surface area contributed by atoms with Gasteiger partial charge in [0, 0.05) is 6.54 Å². The molecule has 1 amide bonds. The molecule has 0 saturated heterocycles. The van der Waals surface area contributed by atoms with Crippen LogP contribution < -0.4 is 5.32 Å². The molecule has 0 saturated carbocycles. The second-order valence-corrected chi connectivity index (χ2v) is 8.84. The van der Waals surface area contributed by atoms with Crippen LogP contribution in [0.25, 0.3) is 0 Å². The van der Waals surface area contributed by atoms with Crippen LogP contribution in [0.15, 0.2) is 53.4 Å². The summed E-state index contributed by atoms with van der Waals surface area (Å²) in [5.41, 5.74) is -0.410. The zero-order valence-corrected chi connectivity index (χ0v) is 17.8. The van der Waals surface area contributed by atoms with Crippen molar-refractivity contribution in [3.05, 3.63) is 59.7 Å². The van der Waals surface area contributed by atoms with Gasteiger partial charge in [0.15, 0.2) is 0 Å². The predicted molar refractivity (Wildman–Crippen MR) is 110 cm³/mol. The number of carbonyl (C=O) groups excluding carboxylic acids is 1. The summed E-state index contributed by atoms with van der Waals surface area (Å²) in [4.78, 5) is 12.4. The highest BCUT2D eigenvalue weighted by Gasteiger charge is 2.34. The SMILES string of the molecule is CCC(C)c1ccc(S(=O)(=O)N(CC)CC(=O)Nc2ccccc2C(F)(F)F)cc1. The zero-order valence-electron chi connectivity index (χ0n) is 17.0. The molecule has 164 valence electrons. The van der Waals surface area contributed by atoms with Crippen molar-refractivity contribution in [1.82, 2.24) is 4.31 Å². The summed E-state index contributed by atoms with van der Waals surface area (Å²) >= 11 is 0. The van der Waals surface area contributed by atoms with E-state index in [1.165, 1.54) is 24.3 Å². The van der Waals surface area contributed by atoms with Crippen LogP contribution >= 0.6 is 0 Å². The quantitative estimate of drug-likeness (QED) is 0.634. The average molecular weight is 443 g/mol. The van der Waals surface area contributed by atoms with E-state index in [-0.39, 0.29) is 17.4 Å². The van der Waals surface area contributed by atoms with Crippen LogP contribution in [-0.4, -0.2) is 31.7 Å². The number of para-hydroxylation sites is 1. The van der Waals surface area contributed by atoms with Gasteiger partial charge in [0.2, 0.25) is 15.9 Å². The van der Waals surface area contributed by atoms with Crippen molar-refractivity contribution in [2.24, 2.45) is 0 Å². The lowest BCUT2D eigenvalue weighted by Gasteiger charge is -2.21. The van der Waals surface area contributed by atoms with Gasteiger partial charge >= 0.3 is 6.18 Å². The Bertz CT molecular complexity index is 974. The van der Waals surface area contributed by atoms with Gasteiger partial charge in [-0.15, -0.1) is 0 Å². The smallest absolute Gasteiger partial charge is 0.324 e. The van der Waals surface area contributed by atoms with Crippen molar-refractivity contribution in [2.45, 2.75) is 44.2 Å². The summed E-state index contributed by atoms with van der Waals surface area (Å²) in [7, 11) is -3.98. The Morgan fingerprint density at radius 2 is 1.67 bits per heavy atom. The van der Waals surface area contributed by atoms with E-state index in [9.17, 15) is 26.4 Å². The Balaban J connectivity index is 2.19. The number of anilines is 1. The average Bonchev–Trinajstić information content (AvgIpc) is 2.71. The van der Waals surface area contributed by atoms with E-state index in [0.29, 0.717) is 0 Å². The molecule has 1 unspecified atom stereocenters. The fraction of sp³-hybridized carbons (Fsp3) is 0.381. The molecule has 0 heterocycles. The molecular formula is C21H25F3N2O3S. The van der Waals surface area contributed by atoms with Gasteiger partial charge in [-0.1, -0.05) is 45.0 Å². The van der Waals surface area contributed by atoms with Gasteiger partial charge < -0.3 is 5.32 Å². The van der Waals surface area contributed by atoms with Crippen LogP contribution in [0.4, 0.5) is 18.9 Å². The largest absolute Gasteiger partial charge is 0.418 e. The molecule has 30 heavy (non-hydrogen) atoms. The maximum absolute atomic E-state index is 13.1. The summed E-state index contributed by atoms with van der Waals surface area (Å²) in [6.45, 7) is 5.01. The summed E-state index contributed by atoms with van der Waals surface area (Å²) in [5.74, 6) is -0.572. The minimum atomic E-state index is -4.64. The van der Waals surface area contributed by atoms with Gasteiger partial charge in [0.1, 0.15) is 0 Å². The normalized spacial score (nSPS) is 13.3. The predicted octanol–water partition coefficient (Wildman–Crippen LogP) is 4.87. The van der Waals surface area contributed by atoms with Crippen LogP contribution in [0.2, 0.25) is 0 Å². The first-order chi connectivity index (χ1) is 14.0. The molecule has 0 spiro atoms. The molecule has 5 nitrogen and oxygen atoms in total. The molecule has 0 fully saturated rings. The number of carbonyl (C=O) groups is 1. The third-order valence-electron chi connectivity index (χ3n) is 4.88. The minimum absolute atomic E-state index is 0.0101. The summed E-state index contributed by atoms with van der Waals surface area (Å²) < 4.78 is 66.0. The van der Waals surface area contributed by atoms with Gasteiger partial charge in [0.05, 0.1) is 22.7 Å². The second kappa shape index (κ2) is 9.61. The summed E-state index contributed by atoms with van der Waals surface area (Å²) in [5, 5.41) is 2.17. The molecule has 0 aliphatic rings. The Hall–Kier alpha value is -2.39. The number of sulfonamides is 1. The number of halogens is 3. The Morgan fingerprint density at radius 1 is 1.07 bits per heavy atom. The van der Waals surface area contributed by atoms with Crippen LogP contribution in [0, 0.1) is 0 Å². The molecule has 0 bridgehead atoms. The van der Waals surface area contributed by atoms with E-state index >= 15 is 0 Å². The van der Waals surface area contributed by atoms with Crippen molar-refractivity contribution < 1.29 is 26.4 Å². The number of benzene rings is 2. The van der Waals surface area contributed by atoms with Gasteiger partial charge in [-0.25, -0.2) is 8.42 Å². The third kappa shape index (κ3) is 5.60. The number of likely N-dealkylation sites (N-methyl/N-ethyl adjacent to an activating group) is 1. The molecule has 0 aliphatic carbocycles. The van der Waals surface area contributed by atoms with Gasteiger partial charge in [0.25, 0.3) is 0 Å². The van der Waals surface area contributed by atoms with Crippen LogP contribution in [0.3, 0.4) is 0 Å². The van der Waals surface area contributed by atoms with Crippen LogP contribution in [0.1, 0.15) is 44.2 Å². The Morgan fingerprint density at radius 3 is 2.20 bits per heavy atom. The van der Waals surface area contributed by atoms with Crippen molar-refractivity contribution >= 4 is 21.6 Å². The summed E-state index contributed by atoms with van der Waals surface area (Å²) in [6, 6.07) is 11.0. The summed E-state index contributed by atoms with van der Waals surface area (Å²) in [6.07, 6.45) is -3.73. The fourth-order valence-electron chi connectivity index (χ4n) is 2.91. The molecule has 0 aromatic heterocycles. The molecule has 2 rings (SSSR count). The van der Waals surface area contributed by atoms with Crippen molar-refractivity contribution in [3.63, 3.8) is 0 Å².